The molecule has 2 nitrogen and oxygen atoms in total. The van der Waals surface area contributed by atoms with Gasteiger partial charge in [0, 0.05) is 6.42 Å². The van der Waals surface area contributed by atoms with Crippen LogP contribution in [0.1, 0.15) is 54.5 Å². The van der Waals surface area contributed by atoms with Gasteiger partial charge in [-0.3, -0.25) is 0 Å². The molecule has 1 aromatic carbocycles. The molecule has 0 aliphatic heterocycles. The molecule has 1 unspecified atom stereocenters. The first kappa shape index (κ1) is 15.8. The molecule has 1 atom stereocenters. The molecule has 1 aromatic heterocycles. The van der Waals surface area contributed by atoms with Crippen molar-refractivity contribution in [2.24, 2.45) is 0 Å². The molecule has 0 spiro atoms. The SMILES string of the molecule is CCCNC(Cc1ccc(C)c(C)c1)c1ccc(CC)o1. The van der Waals surface area contributed by atoms with Gasteiger partial charge in [-0.05, 0) is 62.1 Å². The van der Waals surface area contributed by atoms with E-state index in [0.29, 0.717) is 0 Å². The molecule has 2 rings (SSSR count). The van der Waals surface area contributed by atoms with E-state index in [2.05, 4.69) is 63.3 Å². The minimum Gasteiger partial charge on any atom is -0.464 e. The summed E-state index contributed by atoms with van der Waals surface area (Å²) < 4.78 is 5.96. The molecule has 0 saturated heterocycles. The van der Waals surface area contributed by atoms with E-state index >= 15 is 0 Å². The number of benzene rings is 1. The van der Waals surface area contributed by atoms with Crippen molar-refractivity contribution in [1.82, 2.24) is 5.32 Å². The molecule has 0 aliphatic rings. The maximum atomic E-state index is 5.96. The summed E-state index contributed by atoms with van der Waals surface area (Å²) in [4.78, 5) is 0. The third-order valence-corrected chi connectivity index (χ3v) is 4.03. The van der Waals surface area contributed by atoms with Gasteiger partial charge in [0.05, 0.1) is 6.04 Å². The number of rotatable bonds is 7. The predicted octanol–water partition coefficient (Wildman–Crippen LogP) is 4.74. The Kier molecular flexibility index (Phi) is 5.63. The molecule has 2 heteroatoms. The fourth-order valence-corrected chi connectivity index (χ4v) is 2.53. The maximum Gasteiger partial charge on any atom is 0.121 e. The van der Waals surface area contributed by atoms with Crippen molar-refractivity contribution in [3.63, 3.8) is 0 Å². The predicted molar refractivity (Wildman–Crippen MR) is 88.7 cm³/mol. The third kappa shape index (κ3) is 4.21. The summed E-state index contributed by atoms with van der Waals surface area (Å²) in [6.45, 7) is 9.67. The molecule has 1 heterocycles. The quantitative estimate of drug-likeness (QED) is 0.794. The Morgan fingerprint density at radius 3 is 2.48 bits per heavy atom. The summed E-state index contributed by atoms with van der Waals surface area (Å²) in [7, 11) is 0. The first-order chi connectivity index (χ1) is 10.1. The lowest BCUT2D eigenvalue weighted by atomic mass is 9.99. The molecule has 2 aromatic rings. The molecule has 0 fully saturated rings. The minimum absolute atomic E-state index is 0.257. The smallest absolute Gasteiger partial charge is 0.121 e. The Morgan fingerprint density at radius 2 is 1.86 bits per heavy atom. The molecule has 0 aliphatic carbocycles. The fraction of sp³-hybridized carbons (Fsp3) is 0.474. The second-order valence-electron chi connectivity index (χ2n) is 5.79. The summed E-state index contributed by atoms with van der Waals surface area (Å²) in [6, 6.07) is 11.2. The van der Waals surface area contributed by atoms with E-state index in [1.54, 1.807) is 0 Å². The van der Waals surface area contributed by atoms with Gasteiger partial charge in [-0.15, -0.1) is 0 Å². The molecule has 0 bridgehead atoms. The van der Waals surface area contributed by atoms with Crippen LogP contribution in [-0.4, -0.2) is 6.54 Å². The fourth-order valence-electron chi connectivity index (χ4n) is 2.53. The molecule has 1 N–H and O–H groups in total. The highest BCUT2D eigenvalue weighted by Crippen LogP contribution is 2.22. The van der Waals surface area contributed by atoms with E-state index < -0.39 is 0 Å². The number of hydrogen-bond acceptors (Lipinski definition) is 2. The molecule has 114 valence electrons. The van der Waals surface area contributed by atoms with Gasteiger partial charge in [0.2, 0.25) is 0 Å². The van der Waals surface area contributed by atoms with E-state index in [0.717, 1.165) is 37.3 Å². The maximum absolute atomic E-state index is 5.96. The van der Waals surface area contributed by atoms with Crippen LogP contribution < -0.4 is 5.32 Å². The van der Waals surface area contributed by atoms with Crippen molar-refractivity contribution in [2.45, 2.75) is 53.0 Å². The topological polar surface area (TPSA) is 25.2 Å². The Balaban J connectivity index is 2.17. The molecule has 0 saturated carbocycles. The van der Waals surface area contributed by atoms with E-state index in [1.165, 1.54) is 16.7 Å². The molecule has 0 radical (unpaired) electrons. The van der Waals surface area contributed by atoms with Gasteiger partial charge in [-0.2, -0.15) is 0 Å². The van der Waals surface area contributed by atoms with Crippen LogP contribution in [0.4, 0.5) is 0 Å². The van der Waals surface area contributed by atoms with Crippen molar-refractivity contribution in [2.75, 3.05) is 6.54 Å². The van der Waals surface area contributed by atoms with E-state index in [-0.39, 0.29) is 6.04 Å². The van der Waals surface area contributed by atoms with Crippen LogP contribution in [0, 0.1) is 13.8 Å². The average Bonchev–Trinajstić information content (AvgIpc) is 2.96. The third-order valence-electron chi connectivity index (χ3n) is 4.03. The zero-order valence-electron chi connectivity index (χ0n) is 13.7. The Labute approximate surface area is 128 Å². The van der Waals surface area contributed by atoms with Gasteiger partial charge >= 0.3 is 0 Å². The lowest BCUT2D eigenvalue weighted by Gasteiger charge is -2.17. The number of furan rings is 1. The number of hydrogen-bond donors (Lipinski definition) is 1. The van der Waals surface area contributed by atoms with Crippen LogP contribution in [0.5, 0.6) is 0 Å². The van der Waals surface area contributed by atoms with E-state index in [1.807, 2.05) is 0 Å². The number of nitrogens with one attached hydrogen (secondary N) is 1. The average molecular weight is 285 g/mol. The summed E-state index contributed by atoms with van der Waals surface area (Å²) in [5.41, 5.74) is 4.07. The summed E-state index contributed by atoms with van der Waals surface area (Å²) in [5, 5.41) is 3.61. The molecule has 0 amide bonds. The molecular formula is C19H27NO. The zero-order valence-corrected chi connectivity index (χ0v) is 13.7. The van der Waals surface area contributed by atoms with Gasteiger partial charge in [-0.1, -0.05) is 32.0 Å². The van der Waals surface area contributed by atoms with Crippen LogP contribution in [0.15, 0.2) is 34.7 Å². The van der Waals surface area contributed by atoms with Gasteiger partial charge in [0.1, 0.15) is 11.5 Å². The summed E-state index contributed by atoms with van der Waals surface area (Å²) in [6.07, 6.45) is 3.05. The summed E-state index contributed by atoms with van der Waals surface area (Å²) >= 11 is 0. The Bertz CT molecular complexity index is 571. The van der Waals surface area contributed by atoms with Crippen LogP contribution >= 0.6 is 0 Å². The standard InChI is InChI=1S/C19H27NO/c1-5-11-20-18(19-10-9-17(6-2)21-19)13-16-8-7-14(3)15(4)12-16/h7-10,12,18,20H,5-6,11,13H2,1-4H3. The molecular weight excluding hydrogens is 258 g/mol. The highest BCUT2D eigenvalue weighted by molar-refractivity contribution is 5.31. The Morgan fingerprint density at radius 1 is 1.05 bits per heavy atom. The molecule has 21 heavy (non-hydrogen) atoms. The van der Waals surface area contributed by atoms with Crippen LogP contribution in [0.25, 0.3) is 0 Å². The van der Waals surface area contributed by atoms with Crippen LogP contribution in [-0.2, 0) is 12.8 Å². The minimum atomic E-state index is 0.257. The van der Waals surface area contributed by atoms with E-state index in [9.17, 15) is 0 Å². The van der Waals surface area contributed by atoms with Gasteiger partial charge < -0.3 is 9.73 Å². The van der Waals surface area contributed by atoms with Gasteiger partial charge in [-0.25, -0.2) is 0 Å². The van der Waals surface area contributed by atoms with Crippen molar-refractivity contribution in [1.29, 1.82) is 0 Å². The number of aryl methyl sites for hydroxylation is 3. The van der Waals surface area contributed by atoms with E-state index in [4.69, 9.17) is 4.42 Å². The van der Waals surface area contributed by atoms with Crippen molar-refractivity contribution in [3.05, 3.63) is 58.5 Å². The normalized spacial score (nSPS) is 12.6. The monoisotopic (exact) mass is 285 g/mol. The van der Waals surface area contributed by atoms with Crippen molar-refractivity contribution >= 4 is 0 Å². The van der Waals surface area contributed by atoms with Gasteiger partial charge in [0.25, 0.3) is 0 Å². The van der Waals surface area contributed by atoms with Crippen molar-refractivity contribution in [3.8, 4) is 0 Å². The highest BCUT2D eigenvalue weighted by Gasteiger charge is 2.15. The van der Waals surface area contributed by atoms with Gasteiger partial charge in [0.15, 0.2) is 0 Å². The second-order valence-corrected chi connectivity index (χ2v) is 5.79. The lowest BCUT2D eigenvalue weighted by Crippen LogP contribution is -2.23. The van der Waals surface area contributed by atoms with Crippen molar-refractivity contribution < 1.29 is 4.42 Å². The largest absolute Gasteiger partial charge is 0.464 e. The first-order valence-corrected chi connectivity index (χ1v) is 8.02. The Hall–Kier alpha value is -1.54. The zero-order chi connectivity index (χ0) is 15.2. The second kappa shape index (κ2) is 7.46. The lowest BCUT2D eigenvalue weighted by molar-refractivity contribution is 0.392. The van der Waals surface area contributed by atoms with Crippen LogP contribution in [0.2, 0.25) is 0 Å². The summed E-state index contributed by atoms with van der Waals surface area (Å²) in [5.74, 6) is 2.12. The van der Waals surface area contributed by atoms with Crippen LogP contribution in [0.3, 0.4) is 0 Å². The highest BCUT2D eigenvalue weighted by atomic mass is 16.3. The first-order valence-electron chi connectivity index (χ1n) is 8.02.